The van der Waals surface area contributed by atoms with Crippen LogP contribution in [0.25, 0.3) is 0 Å². The fraction of sp³-hybridized carbons (Fsp3) is 0.182. The number of carbonyl (C=O) groups is 2. The molecule has 0 heterocycles. The average Bonchev–Trinajstić information content (AvgIpc) is 2.37. The molecule has 0 aromatic heterocycles. The van der Waals surface area contributed by atoms with Gasteiger partial charge in [0.25, 0.3) is 0 Å². The molecule has 0 fully saturated rings. The number of thiocyanates is 1. The van der Waals surface area contributed by atoms with Gasteiger partial charge in [-0.15, -0.1) is 0 Å². The molecule has 5 nitrogen and oxygen atoms in total. The van der Waals surface area contributed by atoms with Gasteiger partial charge in [0.05, 0.1) is 25.3 Å². The molecule has 0 atom stereocenters. The molecular weight excluding hydrogens is 242 g/mol. The summed E-state index contributed by atoms with van der Waals surface area (Å²) in [7, 11) is 2.52. The Morgan fingerprint density at radius 2 is 1.41 bits per heavy atom. The highest BCUT2D eigenvalue weighted by atomic mass is 32.1. The smallest absolute Gasteiger partial charge is 0.338 e. The lowest BCUT2D eigenvalue weighted by Gasteiger charge is -2.04. The SMILES string of the molecule is COC(=O)c1ccccc1C(=O)OC.N#CS. The van der Waals surface area contributed by atoms with E-state index >= 15 is 0 Å². The Hall–Kier alpha value is -2.00. The zero-order valence-corrected chi connectivity index (χ0v) is 10.2. The van der Waals surface area contributed by atoms with Crippen molar-refractivity contribution in [2.24, 2.45) is 0 Å². The molecule has 1 aromatic rings. The largest absolute Gasteiger partial charge is 0.465 e. The van der Waals surface area contributed by atoms with Crippen LogP contribution in [0.5, 0.6) is 0 Å². The average molecular weight is 253 g/mol. The quantitative estimate of drug-likeness (QED) is 0.492. The van der Waals surface area contributed by atoms with Crippen molar-refractivity contribution in [1.82, 2.24) is 0 Å². The van der Waals surface area contributed by atoms with E-state index in [1.54, 1.807) is 12.1 Å². The van der Waals surface area contributed by atoms with Crippen molar-refractivity contribution in [3.63, 3.8) is 0 Å². The van der Waals surface area contributed by atoms with Crippen molar-refractivity contribution in [3.8, 4) is 5.40 Å². The highest BCUT2D eigenvalue weighted by Crippen LogP contribution is 2.10. The summed E-state index contributed by atoms with van der Waals surface area (Å²) >= 11 is 3.09. The van der Waals surface area contributed by atoms with E-state index in [4.69, 9.17) is 5.26 Å². The Morgan fingerprint density at radius 1 is 1.12 bits per heavy atom. The van der Waals surface area contributed by atoms with Crippen LogP contribution in [0.4, 0.5) is 0 Å². The number of methoxy groups -OCH3 is 2. The summed E-state index contributed by atoms with van der Waals surface area (Å²) in [5, 5.41) is 8.63. The van der Waals surface area contributed by atoms with Crippen LogP contribution in [0.1, 0.15) is 20.7 Å². The summed E-state index contributed by atoms with van der Waals surface area (Å²) in [6, 6.07) is 6.33. The fourth-order valence-corrected chi connectivity index (χ4v) is 1.06. The first-order chi connectivity index (χ1) is 8.12. The maximum absolute atomic E-state index is 11.2. The van der Waals surface area contributed by atoms with Gasteiger partial charge in [-0.1, -0.05) is 24.8 Å². The third-order valence-electron chi connectivity index (χ3n) is 1.74. The Bertz CT molecular complexity index is 404. The molecule has 90 valence electrons. The molecule has 0 unspecified atom stereocenters. The Labute approximate surface area is 104 Å². The number of hydrogen-bond acceptors (Lipinski definition) is 6. The Kier molecular flexibility index (Phi) is 7.22. The number of hydrogen-bond donors (Lipinski definition) is 1. The number of ether oxygens (including phenoxy) is 2. The summed E-state index contributed by atoms with van der Waals surface area (Å²) in [6.45, 7) is 0. The van der Waals surface area contributed by atoms with Gasteiger partial charge in [0.15, 0.2) is 0 Å². The minimum absolute atomic E-state index is 0.210. The van der Waals surface area contributed by atoms with Gasteiger partial charge in [-0.2, -0.15) is 5.26 Å². The molecule has 0 bridgehead atoms. The molecule has 0 aliphatic rings. The molecule has 0 aliphatic heterocycles. The number of carbonyl (C=O) groups excluding carboxylic acids is 2. The number of nitrogens with zero attached hydrogens (tertiary/aromatic N) is 1. The van der Waals surface area contributed by atoms with Crippen LogP contribution < -0.4 is 0 Å². The first-order valence-electron chi connectivity index (χ1n) is 4.41. The van der Waals surface area contributed by atoms with Crippen molar-refractivity contribution in [2.75, 3.05) is 14.2 Å². The zero-order valence-electron chi connectivity index (χ0n) is 9.34. The molecule has 0 saturated carbocycles. The van der Waals surface area contributed by atoms with Crippen molar-refractivity contribution >= 4 is 24.6 Å². The zero-order chi connectivity index (χ0) is 13.3. The van der Waals surface area contributed by atoms with Gasteiger partial charge >= 0.3 is 11.9 Å². The highest BCUT2D eigenvalue weighted by Gasteiger charge is 2.16. The number of nitriles is 1. The standard InChI is InChI=1S/C10H10O4.CHNS/c1-13-9(11)7-5-3-4-6-8(7)10(12)14-2;2-1-3/h3-6H,1-2H3;3H. The highest BCUT2D eigenvalue weighted by molar-refractivity contribution is 7.85. The molecule has 17 heavy (non-hydrogen) atoms. The monoisotopic (exact) mass is 253 g/mol. The second-order valence-electron chi connectivity index (χ2n) is 2.63. The molecule has 1 aromatic carbocycles. The summed E-state index contributed by atoms with van der Waals surface area (Å²) in [6.07, 6.45) is 0. The van der Waals surface area contributed by atoms with Gasteiger partial charge in [0, 0.05) is 0 Å². The lowest BCUT2D eigenvalue weighted by molar-refractivity contribution is 0.0555. The van der Waals surface area contributed by atoms with Crippen LogP contribution in [0.15, 0.2) is 24.3 Å². The van der Waals surface area contributed by atoms with Crippen LogP contribution in [0.3, 0.4) is 0 Å². The molecular formula is C11H11NO4S. The van der Waals surface area contributed by atoms with Crippen LogP contribution in [-0.4, -0.2) is 26.2 Å². The number of benzene rings is 1. The molecule has 0 N–H and O–H groups in total. The third kappa shape index (κ3) is 4.57. The second kappa shape index (κ2) is 8.19. The molecule has 6 heteroatoms. The lowest BCUT2D eigenvalue weighted by atomic mass is 10.1. The maximum atomic E-state index is 11.2. The van der Waals surface area contributed by atoms with Crippen molar-refractivity contribution in [1.29, 1.82) is 5.26 Å². The van der Waals surface area contributed by atoms with E-state index in [1.165, 1.54) is 31.8 Å². The third-order valence-corrected chi connectivity index (χ3v) is 1.74. The van der Waals surface area contributed by atoms with Crippen molar-refractivity contribution in [2.45, 2.75) is 0 Å². The first-order valence-corrected chi connectivity index (χ1v) is 4.85. The molecule has 0 radical (unpaired) electrons. The minimum Gasteiger partial charge on any atom is -0.465 e. The van der Waals surface area contributed by atoms with E-state index in [1.807, 2.05) is 0 Å². The van der Waals surface area contributed by atoms with E-state index in [9.17, 15) is 9.59 Å². The maximum Gasteiger partial charge on any atom is 0.338 e. The predicted molar refractivity (Wildman–Crippen MR) is 63.7 cm³/mol. The number of thiol groups is 1. The van der Waals surface area contributed by atoms with Gasteiger partial charge in [-0.25, -0.2) is 9.59 Å². The molecule has 1 rings (SSSR count). The normalized spacial score (nSPS) is 8.12. The summed E-state index contributed by atoms with van der Waals surface area (Å²) in [5.74, 6) is -1.10. The van der Waals surface area contributed by atoms with E-state index < -0.39 is 11.9 Å². The summed E-state index contributed by atoms with van der Waals surface area (Å²) < 4.78 is 9.05. The van der Waals surface area contributed by atoms with Crippen LogP contribution in [0.2, 0.25) is 0 Å². The number of esters is 2. The topological polar surface area (TPSA) is 76.4 Å². The van der Waals surface area contributed by atoms with Crippen molar-refractivity contribution in [3.05, 3.63) is 35.4 Å². The van der Waals surface area contributed by atoms with E-state index in [-0.39, 0.29) is 11.1 Å². The summed E-state index contributed by atoms with van der Waals surface area (Å²) in [5.41, 5.74) is 0.420. The van der Waals surface area contributed by atoms with Crippen molar-refractivity contribution < 1.29 is 19.1 Å². The fourth-order valence-electron chi connectivity index (χ4n) is 1.06. The van der Waals surface area contributed by atoms with Gasteiger partial charge < -0.3 is 9.47 Å². The number of rotatable bonds is 2. The lowest BCUT2D eigenvalue weighted by Crippen LogP contribution is -2.11. The predicted octanol–water partition coefficient (Wildman–Crippen LogP) is 1.66. The molecule has 0 spiro atoms. The Balaban J connectivity index is 0.000000770. The van der Waals surface area contributed by atoms with E-state index in [0.29, 0.717) is 0 Å². The van der Waals surface area contributed by atoms with Gasteiger partial charge in [-0.05, 0) is 12.1 Å². The molecule has 0 aliphatic carbocycles. The first kappa shape index (κ1) is 15.0. The van der Waals surface area contributed by atoms with E-state index in [2.05, 4.69) is 22.1 Å². The minimum atomic E-state index is -0.550. The van der Waals surface area contributed by atoms with E-state index in [0.717, 1.165) is 0 Å². The van der Waals surface area contributed by atoms with Gasteiger partial charge in [0.2, 0.25) is 0 Å². The van der Waals surface area contributed by atoms with Gasteiger partial charge in [0.1, 0.15) is 5.40 Å². The molecule has 0 saturated heterocycles. The van der Waals surface area contributed by atoms with Crippen LogP contribution in [-0.2, 0) is 9.47 Å². The van der Waals surface area contributed by atoms with Gasteiger partial charge in [-0.3, -0.25) is 0 Å². The summed E-state index contributed by atoms with van der Waals surface area (Å²) in [4.78, 5) is 22.4. The second-order valence-corrected chi connectivity index (χ2v) is 2.83. The molecule has 0 amide bonds. The van der Waals surface area contributed by atoms with Crippen LogP contribution in [0, 0.1) is 10.7 Å². The van der Waals surface area contributed by atoms with Crippen LogP contribution >= 0.6 is 12.6 Å². The Morgan fingerprint density at radius 3 is 1.65 bits per heavy atom.